The van der Waals surface area contributed by atoms with Crippen LogP contribution in [-0.4, -0.2) is 49.1 Å². The summed E-state index contributed by atoms with van der Waals surface area (Å²) in [4.78, 5) is 14.6. The van der Waals surface area contributed by atoms with Crippen molar-refractivity contribution < 1.29 is 4.79 Å². The molecule has 98 valence electrons. The molecule has 2 aliphatic rings. The second-order valence-electron chi connectivity index (χ2n) is 5.18. The minimum Gasteiger partial charge on any atom is -0.338 e. The lowest BCUT2D eigenvalue weighted by molar-refractivity contribution is -0.137. The normalized spacial score (nSPS) is 30.3. The van der Waals surface area contributed by atoms with Crippen molar-refractivity contribution in [2.75, 3.05) is 26.2 Å². The monoisotopic (exact) mass is 239 g/mol. The number of piperidine rings is 1. The van der Waals surface area contributed by atoms with Crippen molar-refractivity contribution in [3.05, 3.63) is 0 Å². The average Bonchev–Trinajstić information content (AvgIpc) is 2.40. The van der Waals surface area contributed by atoms with E-state index in [4.69, 9.17) is 0 Å². The van der Waals surface area contributed by atoms with Gasteiger partial charge in [-0.05, 0) is 25.7 Å². The molecule has 2 unspecified atom stereocenters. The highest BCUT2D eigenvalue weighted by Gasteiger charge is 2.31. The van der Waals surface area contributed by atoms with Crippen molar-refractivity contribution in [1.82, 2.24) is 15.5 Å². The molecule has 0 aromatic rings. The Hall–Kier alpha value is -0.610. The van der Waals surface area contributed by atoms with E-state index in [1.807, 2.05) is 0 Å². The van der Waals surface area contributed by atoms with Crippen molar-refractivity contribution in [2.24, 2.45) is 0 Å². The molecule has 2 heterocycles. The van der Waals surface area contributed by atoms with Crippen molar-refractivity contribution >= 4 is 5.91 Å². The van der Waals surface area contributed by atoms with Gasteiger partial charge in [-0.3, -0.25) is 4.79 Å². The number of rotatable bonds is 3. The molecule has 2 N–H and O–H groups in total. The molecule has 2 rings (SSSR count). The molecule has 2 atom stereocenters. The molecule has 2 fully saturated rings. The van der Waals surface area contributed by atoms with E-state index in [1.165, 1.54) is 25.7 Å². The predicted octanol–water partition coefficient (Wildman–Crippen LogP) is 0.729. The summed E-state index contributed by atoms with van der Waals surface area (Å²) in [5.74, 6) is 0.315. The summed E-state index contributed by atoms with van der Waals surface area (Å²) in [6, 6.07) is 0.492. The van der Waals surface area contributed by atoms with E-state index in [9.17, 15) is 4.79 Å². The minimum absolute atomic E-state index is 0.00112. The summed E-state index contributed by atoms with van der Waals surface area (Å²) in [5, 5.41) is 6.62. The first kappa shape index (κ1) is 12.8. The number of likely N-dealkylation sites (tertiary alicyclic amines) is 1. The second kappa shape index (κ2) is 6.36. The Morgan fingerprint density at radius 3 is 2.94 bits per heavy atom. The van der Waals surface area contributed by atoms with Gasteiger partial charge in [0, 0.05) is 32.2 Å². The lowest BCUT2D eigenvalue weighted by Crippen LogP contribution is -2.59. The number of nitrogens with zero attached hydrogens (tertiary/aromatic N) is 1. The fourth-order valence-electron chi connectivity index (χ4n) is 2.95. The number of carbonyl (C=O) groups is 1. The number of hydrogen-bond donors (Lipinski definition) is 2. The first-order valence-electron chi connectivity index (χ1n) is 7.07. The Morgan fingerprint density at radius 1 is 1.35 bits per heavy atom. The summed E-state index contributed by atoms with van der Waals surface area (Å²) in [6.07, 6.45) is 5.98. The molecular formula is C13H25N3O. The first-order chi connectivity index (χ1) is 8.33. The van der Waals surface area contributed by atoms with Gasteiger partial charge in [0.25, 0.3) is 0 Å². The summed E-state index contributed by atoms with van der Waals surface area (Å²) in [5.41, 5.74) is 0. The van der Waals surface area contributed by atoms with Crippen LogP contribution in [-0.2, 0) is 4.79 Å². The molecule has 0 bridgehead atoms. The molecule has 0 aromatic heterocycles. The van der Waals surface area contributed by atoms with Gasteiger partial charge in [0.15, 0.2) is 0 Å². The van der Waals surface area contributed by atoms with Gasteiger partial charge in [-0.2, -0.15) is 0 Å². The molecule has 0 saturated carbocycles. The van der Waals surface area contributed by atoms with Gasteiger partial charge >= 0.3 is 0 Å². The van der Waals surface area contributed by atoms with Gasteiger partial charge in [-0.1, -0.05) is 13.3 Å². The van der Waals surface area contributed by atoms with E-state index >= 15 is 0 Å². The van der Waals surface area contributed by atoms with E-state index in [-0.39, 0.29) is 6.04 Å². The third kappa shape index (κ3) is 3.19. The molecule has 2 aliphatic heterocycles. The van der Waals surface area contributed by atoms with Crippen molar-refractivity contribution in [2.45, 2.75) is 51.1 Å². The number of amides is 1. The maximum atomic E-state index is 12.5. The van der Waals surface area contributed by atoms with E-state index in [0.717, 1.165) is 32.6 Å². The van der Waals surface area contributed by atoms with E-state index < -0.39 is 0 Å². The van der Waals surface area contributed by atoms with Crippen molar-refractivity contribution in [3.63, 3.8) is 0 Å². The molecule has 2 saturated heterocycles. The van der Waals surface area contributed by atoms with Crippen LogP contribution in [0.2, 0.25) is 0 Å². The Bertz CT molecular complexity index is 249. The minimum atomic E-state index is 0.00112. The van der Waals surface area contributed by atoms with Crippen LogP contribution in [0, 0.1) is 0 Å². The van der Waals surface area contributed by atoms with Crippen molar-refractivity contribution in [3.8, 4) is 0 Å². The van der Waals surface area contributed by atoms with Crippen LogP contribution in [0.4, 0.5) is 0 Å². The highest BCUT2D eigenvalue weighted by atomic mass is 16.2. The largest absolute Gasteiger partial charge is 0.338 e. The van der Waals surface area contributed by atoms with Gasteiger partial charge in [-0.15, -0.1) is 0 Å². The van der Waals surface area contributed by atoms with Gasteiger partial charge in [0.1, 0.15) is 0 Å². The van der Waals surface area contributed by atoms with Gasteiger partial charge in [0.2, 0.25) is 5.91 Å². The number of hydrogen-bond acceptors (Lipinski definition) is 3. The van der Waals surface area contributed by atoms with Crippen LogP contribution in [0.15, 0.2) is 0 Å². The van der Waals surface area contributed by atoms with Crippen molar-refractivity contribution in [1.29, 1.82) is 0 Å². The Morgan fingerprint density at radius 2 is 2.24 bits per heavy atom. The van der Waals surface area contributed by atoms with Gasteiger partial charge < -0.3 is 15.5 Å². The summed E-state index contributed by atoms with van der Waals surface area (Å²) < 4.78 is 0. The second-order valence-corrected chi connectivity index (χ2v) is 5.18. The highest BCUT2D eigenvalue weighted by molar-refractivity contribution is 5.82. The molecule has 17 heavy (non-hydrogen) atoms. The molecular weight excluding hydrogens is 214 g/mol. The maximum absolute atomic E-state index is 12.5. The van der Waals surface area contributed by atoms with E-state index in [0.29, 0.717) is 11.9 Å². The summed E-state index contributed by atoms with van der Waals surface area (Å²) in [7, 11) is 0. The topological polar surface area (TPSA) is 44.4 Å². The highest BCUT2D eigenvalue weighted by Crippen LogP contribution is 2.21. The molecule has 0 aliphatic carbocycles. The zero-order valence-electron chi connectivity index (χ0n) is 10.9. The fourth-order valence-corrected chi connectivity index (χ4v) is 2.95. The lowest BCUT2D eigenvalue weighted by Gasteiger charge is -2.39. The van der Waals surface area contributed by atoms with Crippen LogP contribution in [0.1, 0.15) is 39.0 Å². The maximum Gasteiger partial charge on any atom is 0.241 e. The third-order valence-corrected chi connectivity index (χ3v) is 3.87. The van der Waals surface area contributed by atoms with Crippen LogP contribution < -0.4 is 10.6 Å². The lowest BCUT2D eigenvalue weighted by atomic mass is 9.97. The van der Waals surface area contributed by atoms with Crippen LogP contribution in [0.25, 0.3) is 0 Å². The third-order valence-electron chi connectivity index (χ3n) is 3.87. The van der Waals surface area contributed by atoms with E-state index in [2.05, 4.69) is 22.5 Å². The van der Waals surface area contributed by atoms with E-state index in [1.54, 1.807) is 0 Å². The average molecular weight is 239 g/mol. The Labute approximate surface area is 104 Å². The molecule has 4 nitrogen and oxygen atoms in total. The summed E-state index contributed by atoms with van der Waals surface area (Å²) >= 11 is 0. The molecule has 1 amide bonds. The summed E-state index contributed by atoms with van der Waals surface area (Å²) in [6.45, 7) is 5.83. The molecule has 4 heteroatoms. The van der Waals surface area contributed by atoms with Crippen LogP contribution >= 0.6 is 0 Å². The van der Waals surface area contributed by atoms with Gasteiger partial charge in [-0.25, -0.2) is 0 Å². The SMILES string of the molecule is CCCC1CCCCN1C(=O)C1CNCCN1. The number of nitrogens with one attached hydrogen (secondary N) is 2. The van der Waals surface area contributed by atoms with Crippen LogP contribution in [0.5, 0.6) is 0 Å². The Kier molecular flexibility index (Phi) is 4.80. The quantitative estimate of drug-likeness (QED) is 0.763. The predicted molar refractivity (Wildman–Crippen MR) is 68.9 cm³/mol. The number of carbonyl (C=O) groups excluding carboxylic acids is 1. The molecule has 0 spiro atoms. The smallest absolute Gasteiger partial charge is 0.241 e. The molecule has 0 radical (unpaired) electrons. The first-order valence-corrected chi connectivity index (χ1v) is 7.07. The number of piperazine rings is 1. The zero-order valence-corrected chi connectivity index (χ0v) is 10.9. The molecule has 0 aromatic carbocycles. The van der Waals surface area contributed by atoms with Crippen LogP contribution in [0.3, 0.4) is 0 Å². The zero-order chi connectivity index (χ0) is 12.1. The fraction of sp³-hybridized carbons (Fsp3) is 0.923. The standard InChI is InChI=1S/C13H25N3O/c1-2-5-11-6-3-4-9-16(11)13(17)12-10-14-7-8-15-12/h11-12,14-15H,2-10H2,1H3. The Balaban J connectivity index is 1.94. The van der Waals surface area contributed by atoms with Gasteiger partial charge in [0.05, 0.1) is 6.04 Å².